The number of hydrogen-bond acceptors (Lipinski definition) is 6. The van der Waals surface area contributed by atoms with Crippen molar-refractivity contribution in [2.45, 2.75) is 17.7 Å². The Morgan fingerprint density at radius 2 is 2.04 bits per heavy atom. The van der Waals surface area contributed by atoms with E-state index in [2.05, 4.69) is 20.4 Å². The van der Waals surface area contributed by atoms with Gasteiger partial charge >= 0.3 is 0 Å². The third-order valence-corrected chi connectivity index (χ3v) is 6.35. The summed E-state index contributed by atoms with van der Waals surface area (Å²) >= 11 is 3.22. The molecule has 4 rings (SSSR count). The van der Waals surface area contributed by atoms with E-state index in [1.807, 2.05) is 59.6 Å². The number of carbonyl (C=O) groups is 1. The molecule has 27 heavy (non-hydrogen) atoms. The molecule has 3 heterocycles. The number of benzene rings is 1. The molecule has 1 amide bonds. The third kappa shape index (κ3) is 4.17. The first-order valence-corrected chi connectivity index (χ1v) is 10.9. The number of hydrogen-bond donors (Lipinski definition) is 1. The van der Waals surface area contributed by atoms with Crippen molar-refractivity contribution in [2.24, 2.45) is 5.92 Å². The van der Waals surface area contributed by atoms with Gasteiger partial charge in [0.1, 0.15) is 0 Å². The molecule has 8 heteroatoms. The summed E-state index contributed by atoms with van der Waals surface area (Å²) in [5, 5.41) is 13.4. The molecule has 140 valence electrons. The van der Waals surface area contributed by atoms with E-state index in [1.165, 1.54) is 0 Å². The van der Waals surface area contributed by atoms with E-state index in [0.717, 1.165) is 40.2 Å². The summed E-state index contributed by atoms with van der Waals surface area (Å²) in [6.45, 7) is 1.58. The van der Waals surface area contributed by atoms with Crippen LogP contribution in [-0.2, 0) is 4.79 Å². The maximum Gasteiger partial charge on any atom is 0.229 e. The van der Waals surface area contributed by atoms with Crippen LogP contribution in [0.1, 0.15) is 12.8 Å². The lowest BCUT2D eigenvalue weighted by molar-refractivity contribution is -0.120. The Kier molecular flexibility index (Phi) is 5.45. The minimum Gasteiger partial charge on any atom is -0.346 e. The molecule has 2 aromatic heterocycles. The molecule has 0 spiro atoms. The number of piperidine rings is 1. The van der Waals surface area contributed by atoms with Crippen LogP contribution in [0.4, 0.5) is 10.8 Å². The fraction of sp³-hybridized carbons (Fsp3) is 0.316. The lowest BCUT2D eigenvalue weighted by Crippen LogP contribution is -2.40. The average molecular weight is 400 g/mol. The second kappa shape index (κ2) is 8.14. The summed E-state index contributed by atoms with van der Waals surface area (Å²) in [6.07, 6.45) is 7.82. The molecule has 0 saturated carbocycles. The lowest BCUT2D eigenvalue weighted by atomic mass is 9.97. The maximum atomic E-state index is 12.8. The molecule has 0 radical (unpaired) electrons. The summed E-state index contributed by atoms with van der Waals surface area (Å²) in [5.41, 5.74) is 0.856. The van der Waals surface area contributed by atoms with Gasteiger partial charge in [-0.3, -0.25) is 9.36 Å². The van der Waals surface area contributed by atoms with Crippen LogP contribution in [0.2, 0.25) is 0 Å². The van der Waals surface area contributed by atoms with Gasteiger partial charge in [0.2, 0.25) is 16.2 Å². The minimum atomic E-state index is -0.0457. The first-order chi connectivity index (χ1) is 13.2. The van der Waals surface area contributed by atoms with E-state index in [1.54, 1.807) is 23.1 Å². The summed E-state index contributed by atoms with van der Waals surface area (Å²) in [6, 6.07) is 11.9. The zero-order chi connectivity index (χ0) is 18.6. The minimum absolute atomic E-state index is 0.0457. The number of aromatic nitrogens is 3. The SMILES string of the molecule is CSc1cccc(NC(=O)[C@@H]2CCCN(c3nnc(-n4cccc4)s3)C2)c1. The topological polar surface area (TPSA) is 63.1 Å². The van der Waals surface area contributed by atoms with Crippen molar-refractivity contribution in [3.05, 3.63) is 48.8 Å². The van der Waals surface area contributed by atoms with E-state index in [9.17, 15) is 4.79 Å². The first-order valence-electron chi connectivity index (χ1n) is 8.89. The highest BCUT2D eigenvalue weighted by molar-refractivity contribution is 7.98. The molecule has 0 aliphatic carbocycles. The molecule has 1 atom stereocenters. The number of nitrogens with zero attached hydrogens (tertiary/aromatic N) is 4. The zero-order valence-corrected chi connectivity index (χ0v) is 16.7. The van der Waals surface area contributed by atoms with Crippen LogP contribution in [-0.4, -0.2) is 40.0 Å². The first kappa shape index (κ1) is 18.1. The molecule has 6 nitrogen and oxygen atoms in total. The van der Waals surface area contributed by atoms with Crippen molar-refractivity contribution < 1.29 is 4.79 Å². The van der Waals surface area contributed by atoms with Crippen LogP contribution >= 0.6 is 23.1 Å². The lowest BCUT2D eigenvalue weighted by Gasteiger charge is -2.31. The van der Waals surface area contributed by atoms with E-state index in [-0.39, 0.29) is 11.8 Å². The molecular weight excluding hydrogens is 378 g/mol. The standard InChI is InChI=1S/C19H21N5OS2/c1-26-16-8-4-7-15(12-16)20-17(25)14-6-5-11-24(13-14)19-22-21-18(27-19)23-9-2-3-10-23/h2-4,7-10,12,14H,5-6,11,13H2,1H3,(H,20,25)/t14-/m1/s1. The summed E-state index contributed by atoms with van der Waals surface area (Å²) < 4.78 is 1.95. The van der Waals surface area contributed by atoms with Gasteiger partial charge in [0.25, 0.3) is 0 Å². The Morgan fingerprint density at radius 3 is 2.85 bits per heavy atom. The Morgan fingerprint density at radius 1 is 1.22 bits per heavy atom. The second-order valence-electron chi connectivity index (χ2n) is 6.46. The second-order valence-corrected chi connectivity index (χ2v) is 8.28. The predicted octanol–water partition coefficient (Wildman–Crippen LogP) is 3.91. The molecule has 1 fully saturated rings. The quantitative estimate of drug-likeness (QED) is 0.659. The third-order valence-electron chi connectivity index (χ3n) is 4.63. The number of thioether (sulfide) groups is 1. The number of carbonyl (C=O) groups excluding carboxylic acids is 1. The zero-order valence-electron chi connectivity index (χ0n) is 15.0. The number of anilines is 2. The Balaban J connectivity index is 1.42. The molecule has 1 N–H and O–H groups in total. The molecule has 1 aromatic carbocycles. The van der Waals surface area contributed by atoms with Crippen molar-refractivity contribution in [2.75, 3.05) is 29.6 Å². The van der Waals surface area contributed by atoms with Crippen LogP contribution in [0.15, 0.2) is 53.7 Å². The molecule has 0 unspecified atom stereocenters. The van der Waals surface area contributed by atoms with Gasteiger partial charge in [0, 0.05) is 36.1 Å². The summed E-state index contributed by atoms with van der Waals surface area (Å²) in [5.74, 6) is 0.0312. The number of nitrogens with one attached hydrogen (secondary N) is 1. The predicted molar refractivity (Wildman–Crippen MR) is 111 cm³/mol. The van der Waals surface area contributed by atoms with Crippen molar-refractivity contribution in [1.82, 2.24) is 14.8 Å². The molecule has 1 aliphatic heterocycles. The van der Waals surface area contributed by atoms with Gasteiger partial charge in [-0.1, -0.05) is 17.4 Å². The molecular formula is C19H21N5OS2. The van der Waals surface area contributed by atoms with Gasteiger partial charge in [-0.2, -0.15) is 0 Å². The van der Waals surface area contributed by atoms with Crippen molar-refractivity contribution >= 4 is 39.8 Å². The largest absolute Gasteiger partial charge is 0.346 e. The van der Waals surface area contributed by atoms with Crippen LogP contribution in [0.5, 0.6) is 0 Å². The van der Waals surface area contributed by atoms with Gasteiger partial charge < -0.3 is 10.2 Å². The van der Waals surface area contributed by atoms with Gasteiger partial charge in [-0.05, 0) is 49.4 Å². The van der Waals surface area contributed by atoms with Crippen LogP contribution in [0.3, 0.4) is 0 Å². The van der Waals surface area contributed by atoms with Crippen LogP contribution < -0.4 is 10.2 Å². The summed E-state index contributed by atoms with van der Waals surface area (Å²) in [4.78, 5) is 16.1. The van der Waals surface area contributed by atoms with E-state index in [4.69, 9.17) is 0 Å². The van der Waals surface area contributed by atoms with E-state index in [0.29, 0.717) is 6.54 Å². The van der Waals surface area contributed by atoms with Gasteiger partial charge in [-0.15, -0.1) is 22.0 Å². The highest BCUT2D eigenvalue weighted by Crippen LogP contribution is 2.28. The van der Waals surface area contributed by atoms with Crippen molar-refractivity contribution in [3.8, 4) is 5.13 Å². The summed E-state index contributed by atoms with van der Waals surface area (Å²) in [7, 11) is 0. The maximum absolute atomic E-state index is 12.8. The van der Waals surface area contributed by atoms with Crippen molar-refractivity contribution in [3.63, 3.8) is 0 Å². The number of rotatable bonds is 5. The van der Waals surface area contributed by atoms with Crippen LogP contribution in [0, 0.1) is 5.92 Å². The molecule has 0 bridgehead atoms. The molecule has 3 aromatic rings. The average Bonchev–Trinajstić information content (AvgIpc) is 3.40. The van der Waals surface area contributed by atoms with E-state index >= 15 is 0 Å². The van der Waals surface area contributed by atoms with Gasteiger partial charge in [-0.25, -0.2) is 0 Å². The molecule has 1 saturated heterocycles. The smallest absolute Gasteiger partial charge is 0.229 e. The monoisotopic (exact) mass is 399 g/mol. The van der Waals surface area contributed by atoms with Crippen molar-refractivity contribution in [1.29, 1.82) is 0 Å². The van der Waals surface area contributed by atoms with Crippen LogP contribution in [0.25, 0.3) is 5.13 Å². The fourth-order valence-electron chi connectivity index (χ4n) is 3.21. The Bertz CT molecular complexity index is 908. The van der Waals surface area contributed by atoms with E-state index < -0.39 is 0 Å². The highest BCUT2D eigenvalue weighted by Gasteiger charge is 2.28. The Labute approximate surface area is 166 Å². The highest BCUT2D eigenvalue weighted by atomic mass is 32.2. The molecule has 1 aliphatic rings. The Hall–Kier alpha value is -2.32. The fourth-order valence-corrected chi connectivity index (χ4v) is 4.52. The normalized spacial score (nSPS) is 17.1. The number of amides is 1. The van der Waals surface area contributed by atoms with Gasteiger partial charge in [0.15, 0.2) is 0 Å². The van der Waals surface area contributed by atoms with Gasteiger partial charge in [0.05, 0.1) is 5.92 Å².